The molecule has 0 bridgehead atoms. The molecule has 0 aliphatic heterocycles. The Morgan fingerprint density at radius 2 is 2.15 bits per heavy atom. The van der Waals surface area contributed by atoms with Gasteiger partial charge in [-0.3, -0.25) is 0 Å². The van der Waals surface area contributed by atoms with Gasteiger partial charge in [-0.15, -0.1) is 0 Å². The molecule has 1 N–H and O–H groups in total. The van der Waals surface area contributed by atoms with Crippen molar-refractivity contribution in [3.05, 3.63) is 22.4 Å². The van der Waals surface area contributed by atoms with Crippen molar-refractivity contribution in [1.29, 1.82) is 0 Å². The van der Waals surface area contributed by atoms with Gasteiger partial charge in [0, 0.05) is 26.2 Å². The van der Waals surface area contributed by atoms with E-state index in [0.717, 1.165) is 26.1 Å². The summed E-state index contributed by atoms with van der Waals surface area (Å²) in [6.07, 6.45) is 0.709. The van der Waals surface area contributed by atoms with Gasteiger partial charge < -0.3 is 15.0 Å². The highest BCUT2D eigenvalue weighted by molar-refractivity contribution is 7.07. The maximum atomic E-state index is 12.0. The summed E-state index contributed by atoms with van der Waals surface area (Å²) in [4.78, 5) is 13.8. The minimum absolute atomic E-state index is 0.225. The second-order valence-electron chi connectivity index (χ2n) is 5.78. The van der Waals surface area contributed by atoms with E-state index >= 15 is 0 Å². The molecule has 0 atom stereocenters. The van der Waals surface area contributed by atoms with Gasteiger partial charge in [0.2, 0.25) is 0 Å². The molecule has 0 aliphatic carbocycles. The molecule has 1 amide bonds. The van der Waals surface area contributed by atoms with Gasteiger partial charge >= 0.3 is 6.09 Å². The number of carbonyl (C=O) groups is 1. The maximum Gasteiger partial charge on any atom is 0.410 e. The topological polar surface area (TPSA) is 41.6 Å². The van der Waals surface area contributed by atoms with Gasteiger partial charge in [-0.25, -0.2) is 4.79 Å². The van der Waals surface area contributed by atoms with Crippen LogP contribution in [0.3, 0.4) is 0 Å². The second-order valence-corrected chi connectivity index (χ2v) is 6.56. The van der Waals surface area contributed by atoms with Crippen LogP contribution in [0.25, 0.3) is 0 Å². The van der Waals surface area contributed by atoms with Crippen molar-refractivity contribution in [2.24, 2.45) is 0 Å². The van der Waals surface area contributed by atoms with Gasteiger partial charge in [0.25, 0.3) is 0 Å². The zero-order valence-corrected chi connectivity index (χ0v) is 13.8. The van der Waals surface area contributed by atoms with E-state index < -0.39 is 5.60 Å². The van der Waals surface area contributed by atoms with E-state index in [1.54, 1.807) is 16.2 Å². The summed E-state index contributed by atoms with van der Waals surface area (Å²) in [7, 11) is 0. The van der Waals surface area contributed by atoms with E-state index in [-0.39, 0.29) is 6.09 Å². The molecule has 0 saturated carbocycles. The van der Waals surface area contributed by atoms with E-state index in [2.05, 4.69) is 29.1 Å². The molecule has 0 aliphatic rings. The molecule has 0 aromatic carbocycles. The van der Waals surface area contributed by atoms with Gasteiger partial charge in [0.15, 0.2) is 0 Å². The monoisotopic (exact) mass is 298 g/mol. The van der Waals surface area contributed by atoms with Crippen molar-refractivity contribution < 1.29 is 9.53 Å². The van der Waals surface area contributed by atoms with Gasteiger partial charge in [0.1, 0.15) is 5.60 Å². The Balaban J connectivity index is 2.32. The summed E-state index contributed by atoms with van der Waals surface area (Å²) >= 11 is 1.70. The molecule has 0 radical (unpaired) electrons. The summed E-state index contributed by atoms with van der Waals surface area (Å²) in [5, 5.41) is 7.55. The highest BCUT2D eigenvalue weighted by Gasteiger charge is 2.21. The number of nitrogens with zero attached hydrogens (tertiary/aromatic N) is 1. The standard InChI is InChI=1S/C15H26N2O2S/c1-5-8-17(14(18)19-15(2,3)4)9-7-16-11-13-6-10-20-12-13/h6,10,12,16H,5,7-9,11H2,1-4H3. The number of amides is 1. The lowest BCUT2D eigenvalue weighted by atomic mass is 10.2. The minimum Gasteiger partial charge on any atom is -0.444 e. The third kappa shape index (κ3) is 6.91. The van der Waals surface area contributed by atoms with Gasteiger partial charge in [-0.05, 0) is 49.6 Å². The van der Waals surface area contributed by atoms with E-state index in [1.807, 2.05) is 20.8 Å². The van der Waals surface area contributed by atoms with Crippen LogP contribution in [0.15, 0.2) is 16.8 Å². The Morgan fingerprint density at radius 3 is 2.70 bits per heavy atom. The maximum absolute atomic E-state index is 12.0. The van der Waals surface area contributed by atoms with Crippen molar-refractivity contribution in [2.45, 2.75) is 46.3 Å². The van der Waals surface area contributed by atoms with E-state index in [1.165, 1.54) is 5.56 Å². The number of nitrogens with one attached hydrogen (secondary N) is 1. The first kappa shape index (κ1) is 17.0. The van der Waals surface area contributed by atoms with Crippen molar-refractivity contribution in [2.75, 3.05) is 19.6 Å². The lowest BCUT2D eigenvalue weighted by molar-refractivity contribution is 0.0252. The zero-order chi connectivity index (χ0) is 15.0. The normalized spacial score (nSPS) is 11.4. The summed E-state index contributed by atoms with van der Waals surface area (Å²) in [5.74, 6) is 0. The van der Waals surface area contributed by atoms with Crippen molar-refractivity contribution in [3.63, 3.8) is 0 Å². The van der Waals surface area contributed by atoms with E-state index in [4.69, 9.17) is 4.74 Å². The number of carbonyl (C=O) groups excluding carboxylic acids is 1. The molecule has 4 nitrogen and oxygen atoms in total. The molecule has 0 saturated heterocycles. The fourth-order valence-electron chi connectivity index (χ4n) is 1.73. The Bertz CT molecular complexity index is 385. The lowest BCUT2D eigenvalue weighted by Crippen LogP contribution is -2.40. The van der Waals surface area contributed by atoms with Crippen LogP contribution in [0.2, 0.25) is 0 Å². The molecule has 0 fully saturated rings. The largest absolute Gasteiger partial charge is 0.444 e. The number of hydrogen-bond acceptors (Lipinski definition) is 4. The third-order valence-electron chi connectivity index (χ3n) is 2.61. The molecule has 5 heteroatoms. The molecule has 114 valence electrons. The van der Waals surface area contributed by atoms with Crippen molar-refractivity contribution in [1.82, 2.24) is 10.2 Å². The van der Waals surface area contributed by atoms with Crippen LogP contribution in [0.4, 0.5) is 4.79 Å². The molecular weight excluding hydrogens is 272 g/mol. The van der Waals surface area contributed by atoms with Gasteiger partial charge in [-0.2, -0.15) is 11.3 Å². The van der Waals surface area contributed by atoms with E-state index in [0.29, 0.717) is 6.54 Å². The van der Waals surface area contributed by atoms with Crippen LogP contribution in [-0.2, 0) is 11.3 Å². The summed E-state index contributed by atoms with van der Waals surface area (Å²) in [6.45, 7) is 10.8. The number of ether oxygens (including phenoxy) is 1. The molecule has 1 rings (SSSR count). The van der Waals surface area contributed by atoms with Crippen LogP contribution in [0.1, 0.15) is 39.7 Å². The van der Waals surface area contributed by atoms with Gasteiger partial charge in [0.05, 0.1) is 0 Å². The Kier molecular flexibility index (Phi) is 7.02. The highest BCUT2D eigenvalue weighted by Crippen LogP contribution is 2.10. The zero-order valence-electron chi connectivity index (χ0n) is 12.9. The molecular formula is C15H26N2O2S. The predicted molar refractivity (Wildman–Crippen MR) is 84.1 cm³/mol. The van der Waals surface area contributed by atoms with Crippen molar-refractivity contribution >= 4 is 17.4 Å². The molecule has 0 spiro atoms. The highest BCUT2D eigenvalue weighted by atomic mass is 32.1. The lowest BCUT2D eigenvalue weighted by Gasteiger charge is -2.27. The predicted octanol–water partition coefficient (Wildman–Crippen LogP) is 3.48. The number of thiophene rings is 1. The van der Waals surface area contributed by atoms with Crippen LogP contribution in [0.5, 0.6) is 0 Å². The summed E-state index contributed by atoms with van der Waals surface area (Å²) < 4.78 is 5.42. The molecule has 1 aromatic heterocycles. The van der Waals surface area contributed by atoms with Crippen molar-refractivity contribution in [3.8, 4) is 0 Å². The number of hydrogen-bond donors (Lipinski definition) is 1. The minimum atomic E-state index is -0.437. The molecule has 1 aromatic rings. The Hall–Kier alpha value is -1.07. The molecule has 20 heavy (non-hydrogen) atoms. The second kappa shape index (κ2) is 8.27. The first-order valence-electron chi connectivity index (χ1n) is 7.12. The smallest absolute Gasteiger partial charge is 0.410 e. The first-order chi connectivity index (χ1) is 9.42. The first-order valence-corrected chi connectivity index (χ1v) is 8.06. The Morgan fingerprint density at radius 1 is 1.40 bits per heavy atom. The third-order valence-corrected chi connectivity index (χ3v) is 3.34. The van der Waals surface area contributed by atoms with Crippen LogP contribution >= 0.6 is 11.3 Å². The molecule has 1 heterocycles. The summed E-state index contributed by atoms with van der Waals surface area (Å²) in [6, 6.07) is 2.11. The molecule has 0 unspecified atom stereocenters. The van der Waals surface area contributed by atoms with E-state index in [9.17, 15) is 4.79 Å². The van der Waals surface area contributed by atoms with Crippen LogP contribution in [-0.4, -0.2) is 36.2 Å². The fraction of sp³-hybridized carbons (Fsp3) is 0.667. The SMILES string of the molecule is CCCN(CCNCc1ccsc1)C(=O)OC(C)(C)C. The Labute approximate surface area is 126 Å². The quantitative estimate of drug-likeness (QED) is 0.784. The fourth-order valence-corrected chi connectivity index (χ4v) is 2.40. The summed E-state index contributed by atoms with van der Waals surface area (Å²) in [5.41, 5.74) is 0.849. The average Bonchev–Trinajstić information content (AvgIpc) is 2.83. The number of rotatable bonds is 7. The van der Waals surface area contributed by atoms with Crippen LogP contribution in [0, 0.1) is 0 Å². The van der Waals surface area contributed by atoms with Crippen LogP contribution < -0.4 is 5.32 Å². The van der Waals surface area contributed by atoms with Gasteiger partial charge in [-0.1, -0.05) is 6.92 Å². The average molecular weight is 298 g/mol.